The molecule has 13 heavy (non-hydrogen) atoms. The second-order valence-electron chi connectivity index (χ2n) is 3.92. The predicted molar refractivity (Wildman–Crippen MR) is 45.9 cm³/mol. The Morgan fingerprint density at radius 1 is 1.54 bits per heavy atom. The molecule has 2 heterocycles. The Labute approximate surface area is 76.2 Å². The van der Waals surface area contributed by atoms with Crippen LogP contribution in [0.3, 0.4) is 0 Å². The summed E-state index contributed by atoms with van der Waals surface area (Å²) in [4.78, 5) is 0. The van der Waals surface area contributed by atoms with Gasteiger partial charge in [-0.15, -0.1) is 10.2 Å². The summed E-state index contributed by atoms with van der Waals surface area (Å²) < 4.78 is 14.4. The van der Waals surface area contributed by atoms with Gasteiger partial charge in [-0.3, -0.25) is 0 Å². The first-order valence-corrected chi connectivity index (χ1v) is 4.35. The Balaban J connectivity index is 2.52. The number of aromatic nitrogens is 3. The van der Waals surface area contributed by atoms with Gasteiger partial charge in [0.05, 0.1) is 12.1 Å². The van der Waals surface area contributed by atoms with Crippen LogP contribution in [0, 0.1) is 0 Å². The number of hydrogen-bond acceptors (Lipinski definition) is 3. The fraction of sp³-hybridized carbons (Fsp3) is 0.750. The summed E-state index contributed by atoms with van der Waals surface area (Å²) in [6.45, 7) is 5.05. The number of fused-ring (bicyclic) bond motifs is 1. The molecule has 0 saturated carbocycles. The summed E-state index contributed by atoms with van der Waals surface area (Å²) in [6.07, 6.45) is 0. The van der Waals surface area contributed by atoms with Crippen LogP contribution in [0.1, 0.15) is 25.5 Å². The van der Waals surface area contributed by atoms with Crippen molar-refractivity contribution in [3.05, 3.63) is 11.6 Å². The van der Waals surface area contributed by atoms with Crippen LogP contribution in [0.4, 0.5) is 4.39 Å². The van der Waals surface area contributed by atoms with Crippen LogP contribution in [-0.4, -0.2) is 21.3 Å². The van der Waals surface area contributed by atoms with Crippen molar-refractivity contribution >= 4 is 0 Å². The van der Waals surface area contributed by atoms with Gasteiger partial charge >= 0.3 is 0 Å². The normalized spacial score (nSPS) is 19.9. The van der Waals surface area contributed by atoms with Crippen LogP contribution in [0.15, 0.2) is 0 Å². The third-order valence-corrected chi connectivity index (χ3v) is 2.36. The van der Waals surface area contributed by atoms with Gasteiger partial charge in [0, 0.05) is 6.54 Å². The van der Waals surface area contributed by atoms with Gasteiger partial charge in [0.2, 0.25) is 0 Å². The van der Waals surface area contributed by atoms with Crippen molar-refractivity contribution in [2.24, 2.45) is 0 Å². The Morgan fingerprint density at radius 2 is 2.31 bits per heavy atom. The molecular formula is C8H13FN4. The van der Waals surface area contributed by atoms with Crippen LogP contribution in [0.2, 0.25) is 0 Å². The average molecular weight is 184 g/mol. The van der Waals surface area contributed by atoms with E-state index in [1.54, 1.807) is 0 Å². The van der Waals surface area contributed by atoms with E-state index in [2.05, 4.69) is 15.5 Å². The monoisotopic (exact) mass is 184 g/mol. The molecule has 0 amide bonds. The van der Waals surface area contributed by atoms with Crippen LogP contribution in [0.25, 0.3) is 0 Å². The van der Waals surface area contributed by atoms with Crippen molar-refractivity contribution in [2.45, 2.75) is 32.6 Å². The van der Waals surface area contributed by atoms with Crippen molar-refractivity contribution in [2.75, 3.05) is 6.54 Å². The molecule has 5 heteroatoms. The first-order chi connectivity index (χ1) is 6.15. The summed E-state index contributed by atoms with van der Waals surface area (Å²) in [5.41, 5.74) is -0.126. The van der Waals surface area contributed by atoms with Gasteiger partial charge in [0.25, 0.3) is 0 Å². The van der Waals surface area contributed by atoms with Gasteiger partial charge in [-0.25, -0.2) is 4.39 Å². The van der Waals surface area contributed by atoms with Crippen LogP contribution >= 0.6 is 0 Å². The summed E-state index contributed by atoms with van der Waals surface area (Å²) in [6, 6.07) is 0. The molecule has 0 atom stereocenters. The van der Waals surface area contributed by atoms with Gasteiger partial charge in [0.15, 0.2) is 5.82 Å². The highest BCUT2D eigenvalue weighted by Crippen LogP contribution is 2.22. The Kier molecular flexibility index (Phi) is 1.83. The van der Waals surface area contributed by atoms with Gasteiger partial charge in [-0.05, 0) is 13.8 Å². The molecular weight excluding hydrogens is 171 g/mol. The molecule has 1 aliphatic rings. The fourth-order valence-electron chi connectivity index (χ4n) is 1.81. The number of halogens is 1. The minimum Gasteiger partial charge on any atom is -0.307 e. The lowest BCUT2D eigenvalue weighted by Crippen LogP contribution is -2.45. The second-order valence-corrected chi connectivity index (χ2v) is 3.92. The number of nitrogens with one attached hydrogen (secondary N) is 1. The summed E-state index contributed by atoms with van der Waals surface area (Å²) in [5, 5.41) is 11.0. The summed E-state index contributed by atoms with van der Waals surface area (Å²) in [7, 11) is 0. The molecule has 1 aromatic rings. The Bertz CT molecular complexity index is 304. The van der Waals surface area contributed by atoms with Crippen molar-refractivity contribution < 1.29 is 4.39 Å². The quantitative estimate of drug-likeness (QED) is 0.694. The second kappa shape index (κ2) is 2.77. The Morgan fingerprint density at radius 3 is 3.00 bits per heavy atom. The third kappa shape index (κ3) is 1.23. The molecule has 1 aromatic heterocycles. The highest BCUT2D eigenvalue weighted by molar-refractivity contribution is 5.05. The first kappa shape index (κ1) is 8.62. The number of hydrogen-bond donors (Lipinski definition) is 1. The minimum absolute atomic E-state index is 0.126. The maximum atomic E-state index is 12.5. The van der Waals surface area contributed by atoms with Crippen molar-refractivity contribution in [3.8, 4) is 0 Å². The smallest absolute Gasteiger partial charge is 0.165 e. The molecule has 0 fully saturated rings. The molecule has 0 spiro atoms. The lowest BCUT2D eigenvalue weighted by atomic mass is 10.0. The first-order valence-electron chi connectivity index (χ1n) is 4.35. The summed E-state index contributed by atoms with van der Waals surface area (Å²) >= 11 is 0. The molecule has 1 aliphatic heterocycles. The largest absolute Gasteiger partial charge is 0.307 e. The maximum absolute atomic E-state index is 12.5. The van der Waals surface area contributed by atoms with Crippen LogP contribution in [-0.2, 0) is 18.8 Å². The van der Waals surface area contributed by atoms with Gasteiger partial charge in [-0.2, -0.15) is 0 Å². The zero-order chi connectivity index (χ0) is 9.47. The SMILES string of the molecule is CC1(C)CNCc2nnc(CF)n21. The average Bonchev–Trinajstić information content (AvgIpc) is 2.48. The van der Waals surface area contributed by atoms with E-state index in [-0.39, 0.29) is 5.54 Å². The van der Waals surface area contributed by atoms with E-state index in [0.29, 0.717) is 12.4 Å². The van der Waals surface area contributed by atoms with E-state index in [1.807, 2.05) is 18.4 Å². The van der Waals surface area contributed by atoms with Crippen molar-refractivity contribution in [1.29, 1.82) is 0 Å². The highest BCUT2D eigenvalue weighted by Gasteiger charge is 2.30. The minimum atomic E-state index is -0.545. The third-order valence-electron chi connectivity index (χ3n) is 2.36. The van der Waals surface area contributed by atoms with Crippen LogP contribution < -0.4 is 5.32 Å². The number of alkyl halides is 1. The zero-order valence-electron chi connectivity index (χ0n) is 7.84. The molecule has 0 saturated heterocycles. The topological polar surface area (TPSA) is 42.7 Å². The van der Waals surface area contributed by atoms with Crippen molar-refractivity contribution in [3.63, 3.8) is 0 Å². The molecule has 4 nitrogen and oxygen atoms in total. The molecule has 0 unspecified atom stereocenters. The fourth-order valence-corrected chi connectivity index (χ4v) is 1.81. The van der Waals surface area contributed by atoms with Gasteiger partial charge < -0.3 is 9.88 Å². The molecule has 2 rings (SSSR count). The van der Waals surface area contributed by atoms with Crippen molar-refractivity contribution in [1.82, 2.24) is 20.1 Å². The van der Waals surface area contributed by atoms with E-state index < -0.39 is 6.67 Å². The molecule has 1 N–H and O–H groups in total. The van der Waals surface area contributed by atoms with Gasteiger partial charge in [0.1, 0.15) is 12.5 Å². The molecule has 0 radical (unpaired) electrons. The van der Waals surface area contributed by atoms with E-state index in [1.165, 1.54) is 0 Å². The molecule has 0 aliphatic carbocycles. The Hall–Kier alpha value is -0.970. The standard InChI is InChI=1S/C8H13FN4/c1-8(2)5-10-4-7-12-11-6(3-9)13(7)8/h10H,3-5H2,1-2H3. The van der Waals surface area contributed by atoms with Crippen LogP contribution in [0.5, 0.6) is 0 Å². The van der Waals surface area contributed by atoms with E-state index in [0.717, 1.165) is 12.4 Å². The molecule has 0 aromatic carbocycles. The predicted octanol–water partition coefficient (Wildman–Crippen LogP) is 0.586. The lowest BCUT2D eigenvalue weighted by molar-refractivity contribution is 0.268. The number of rotatable bonds is 1. The summed E-state index contributed by atoms with van der Waals surface area (Å²) in [5.74, 6) is 1.26. The maximum Gasteiger partial charge on any atom is 0.165 e. The van der Waals surface area contributed by atoms with E-state index in [4.69, 9.17) is 0 Å². The molecule has 72 valence electrons. The van der Waals surface area contributed by atoms with E-state index in [9.17, 15) is 4.39 Å². The number of nitrogens with zero attached hydrogens (tertiary/aromatic N) is 3. The zero-order valence-corrected chi connectivity index (χ0v) is 7.84. The van der Waals surface area contributed by atoms with E-state index >= 15 is 0 Å². The molecule has 0 bridgehead atoms. The highest BCUT2D eigenvalue weighted by atomic mass is 19.1. The lowest BCUT2D eigenvalue weighted by Gasteiger charge is -2.33. The van der Waals surface area contributed by atoms with Gasteiger partial charge in [-0.1, -0.05) is 0 Å².